The molecule has 1 aromatic carbocycles. The molecule has 0 spiro atoms. The van der Waals surface area contributed by atoms with Gasteiger partial charge >= 0.3 is 0 Å². The van der Waals surface area contributed by atoms with Gasteiger partial charge < -0.3 is 10.1 Å². The number of nitrogens with zero attached hydrogens (tertiary/aromatic N) is 1. The summed E-state index contributed by atoms with van der Waals surface area (Å²) in [7, 11) is 3.75. The highest BCUT2D eigenvalue weighted by molar-refractivity contribution is 5.85. The zero-order valence-corrected chi connectivity index (χ0v) is 12.0. The molecule has 0 saturated carbocycles. The summed E-state index contributed by atoms with van der Waals surface area (Å²) in [5.74, 6) is 0.951. The molecule has 18 heavy (non-hydrogen) atoms. The van der Waals surface area contributed by atoms with E-state index in [0.29, 0.717) is 6.04 Å². The standard InChI is InChI=1S/C14H22N2O.ClH/c1-15-10-13-6-4-8-16(13)11-12-5-3-7-14(9-12)17-2;/h3,5,7,9,13,15H,4,6,8,10-11H2,1-2H3;1H. The predicted octanol–water partition coefficient (Wildman–Crippen LogP) is 2.30. The molecule has 1 heterocycles. The van der Waals surface area contributed by atoms with Gasteiger partial charge in [0.15, 0.2) is 0 Å². The third kappa shape index (κ3) is 3.87. The molecular weight excluding hydrogens is 248 g/mol. The Morgan fingerprint density at radius 2 is 2.28 bits per heavy atom. The predicted molar refractivity (Wildman–Crippen MR) is 77.6 cm³/mol. The van der Waals surface area contributed by atoms with Crippen molar-refractivity contribution < 1.29 is 4.74 Å². The van der Waals surface area contributed by atoms with E-state index >= 15 is 0 Å². The summed E-state index contributed by atoms with van der Waals surface area (Å²) in [6.07, 6.45) is 2.63. The Hall–Kier alpha value is -0.770. The van der Waals surface area contributed by atoms with Gasteiger partial charge in [-0.25, -0.2) is 0 Å². The molecule has 1 unspecified atom stereocenters. The zero-order chi connectivity index (χ0) is 12.1. The van der Waals surface area contributed by atoms with E-state index < -0.39 is 0 Å². The summed E-state index contributed by atoms with van der Waals surface area (Å²) in [6, 6.07) is 9.06. The van der Waals surface area contributed by atoms with Gasteiger partial charge in [0.1, 0.15) is 5.75 Å². The number of benzene rings is 1. The Balaban J connectivity index is 0.00000162. The lowest BCUT2D eigenvalue weighted by atomic mass is 10.1. The maximum Gasteiger partial charge on any atom is 0.119 e. The average Bonchev–Trinajstić information content (AvgIpc) is 2.78. The average molecular weight is 271 g/mol. The SMILES string of the molecule is CNCC1CCCN1Cc1cccc(OC)c1.Cl. The van der Waals surface area contributed by atoms with Crippen LogP contribution in [0.2, 0.25) is 0 Å². The monoisotopic (exact) mass is 270 g/mol. The summed E-state index contributed by atoms with van der Waals surface area (Å²) in [5, 5.41) is 3.28. The quantitative estimate of drug-likeness (QED) is 0.889. The highest BCUT2D eigenvalue weighted by atomic mass is 35.5. The number of rotatable bonds is 5. The van der Waals surface area contributed by atoms with Crippen LogP contribution in [0.15, 0.2) is 24.3 Å². The second-order valence-electron chi connectivity index (χ2n) is 4.68. The number of hydrogen-bond donors (Lipinski definition) is 1. The van der Waals surface area contributed by atoms with Crippen LogP contribution in [0, 0.1) is 0 Å². The fraction of sp³-hybridized carbons (Fsp3) is 0.571. The lowest BCUT2D eigenvalue weighted by molar-refractivity contribution is 0.242. The lowest BCUT2D eigenvalue weighted by Gasteiger charge is -2.24. The van der Waals surface area contributed by atoms with E-state index in [4.69, 9.17) is 4.74 Å². The number of hydrogen-bond acceptors (Lipinski definition) is 3. The maximum atomic E-state index is 5.26. The highest BCUT2D eigenvalue weighted by Crippen LogP contribution is 2.21. The summed E-state index contributed by atoms with van der Waals surface area (Å²) in [4.78, 5) is 2.56. The first kappa shape index (κ1) is 15.3. The normalized spacial score (nSPS) is 19.6. The second kappa shape index (κ2) is 7.62. The van der Waals surface area contributed by atoms with E-state index in [2.05, 4.69) is 28.4 Å². The van der Waals surface area contributed by atoms with E-state index in [-0.39, 0.29) is 12.4 Å². The first-order valence-electron chi connectivity index (χ1n) is 6.35. The van der Waals surface area contributed by atoms with Crippen LogP contribution < -0.4 is 10.1 Å². The van der Waals surface area contributed by atoms with Crippen molar-refractivity contribution in [3.8, 4) is 5.75 Å². The molecule has 1 aliphatic rings. The van der Waals surface area contributed by atoms with Gasteiger partial charge in [0.2, 0.25) is 0 Å². The maximum absolute atomic E-state index is 5.26. The third-order valence-electron chi connectivity index (χ3n) is 3.46. The summed E-state index contributed by atoms with van der Waals surface area (Å²) in [6.45, 7) is 3.33. The van der Waals surface area contributed by atoms with Crippen LogP contribution in [0.25, 0.3) is 0 Å². The summed E-state index contributed by atoms with van der Waals surface area (Å²) < 4.78 is 5.26. The van der Waals surface area contributed by atoms with Gasteiger partial charge in [0.25, 0.3) is 0 Å². The number of nitrogens with one attached hydrogen (secondary N) is 1. The Morgan fingerprint density at radius 1 is 1.44 bits per heavy atom. The molecule has 1 saturated heterocycles. The highest BCUT2D eigenvalue weighted by Gasteiger charge is 2.23. The van der Waals surface area contributed by atoms with E-state index in [0.717, 1.165) is 18.8 Å². The number of likely N-dealkylation sites (N-methyl/N-ethyl adjacent to an activating group) is 1. The van der Waals surface area contributed by atoms with E-state index in [1.165, 1.54) is 24.9 Å². The van der Waals surface area contributed by atoms with Crippen LogP contribution in [0.4, 0.5) is 0 Å². The molecule has 0 aliphatic carbocycles. The first-order chi connectivity index (χ1) is 8.33. The molecule has 1 aliphatic heterocycles. The van der Waals surface area contributed by atoms with Crippen LogP contribution in [0.3, 0.4) is 0 Å². The van der Waals surface area contributed by atoms with Crippen molar-refractivity contribution in [2.75, 3.05) is 27.2 Å². The number of ether oxygens (including phenoxy) is 1. The van der Waals surface area contributed by atoms with Gasteiger partial charge in [-0.05, 0) is 44.1 Å². The molecule has 1 atom stereocenters. The van der Waals surface area contributed by atoms with Gasteiger partial charge in [0, 0.05) is 19.1 Å². The van der Waals surface area contributed by atoms with Gasteiger partial charge in [-0.15, -0.1) is 12.4 Å². The number of likely N-dealkylation sites (tertiary alicyclic amines) is 1. The van der Waals surface area contributed by atoms with Crippen LogP contribution in [0.5, 0.6) is 5.75 Å². The van der Waals surface area contributed by atoms with Crippen LogP contribution in [-0.2, 0) is 6.54 Å². The van der Waals surface area contributed by atoms with E-state index in [1.807, 2.05) is 13.1 Å². The minimum Gasteiger partial charge on any atom is -0.497 e. The van der Waals surface area contributed by atoms with Gasteiger partial charge in [-0.1, -0.05) is 12.1 Å². The molecule has 0 radical (unpaired) electrons. The summed E-state index contributed by atoms with van der Waals surface area (Å²) >= 11 is 0. The fourth-order valence-corrected chi connectivity index (χ4v) is 2.58. The molecule has 4 heteroatoms. The Bertz CT molecular complexity index is 359. The van der Waals surface area contributed by atoms with Crippen LogP contribution >= 0.6 is 12.4 Å². The van der Waals surface area contributed by atoms with Gasteiger partial charge in [-0.2, -0.15) is 0 Å². The van der Waals surface area contributed by atoms with Crippen molar-refractivity contribution in [3.63, 3.8) is 0 Å². The van der Waals surface area contributed by atoms with Crippen molar-refractivity contribution in [3.05, 3.63) is 29.8 Å². The topological polar surface area (TPSA) is 24.5 Å². The molecule has 0 bridgehead atoms. The van der Waals surface area contributed by atoms with Crippen molar-refractivity contribution in [1.29, 1.82) is 0 Å². The third-order valence-corrected chi connectivity index (χ3v) is 3.46. The van der Waals surface area contributed by atoms with Crippen molar-refractivity contribution >= 4 is 12.4 Å². The van der Waals surface area contributed by atoms with Crippen molar-refractivity contribution in [1.82, 2.24) is 10.2 Å². The Labute approximate surface area is 116 Å². The molecule has 102 valence electrons. The Morgan fingerprint density at radius 3 is 3.00 bits per heavy atom. The fourth-order valence-electron chi connectivity index (χ4n) is 2.58. The molecule has 0 aromatic heterocycles. The summed E-state index contributed by atoms with van der Waals surface area (Å²) in [5.41, 5.74) is 1.34. The van der Waals surface area contributed by atoms with Gasteiger partial charge in [-0.3, -0.25) is 4.90 Å². The minimum absolute atomic E-state index is 0. The van der Waals surface area contributed by atoms with Crippen molar-refractivity contribution in [2.24, 2.45) is 0 Å². The number of methoxy groups -OCH3 is 1. The van der Waals surface area contributed by atoms with Crippen LogP contribution in [0.1, 0.15) is 18.4 Å². The molecule has 1 aromatic rings. The van der Waals surface area contributed by atoms with Crippen molar-refractivity contribution in [2.45, 2.75) is 25.4 Å². The smallest absolute Gasteiger partial charge is 0.119 e. The van der Waals surface area contributed by atoms with Gasteiger partial charge in [0.05, 0.1) is 7.11 Å². The molecule has 1 fully saturated rings. The molecular formula is C14H23ClN2O. The molecule has 0 amide bonds. The van der Waals surface area contributed by atoms with Crippen LogP contribution in [-0.4, -0.2) is 38.2 Å². The lowest BCUT2D eigenvalue weighted by Crippen LogP contribution is -2.36. The molecule has 1 N–H and O–H groups in total. The molecule has 2 rings (SSSR count). The number of halogens is 1. The first-order valence-corrected chi connectivity index (χ1v) is 6.35. The van der Waals surface area contributed by atoms with E-state index in [1.54, 1.807) is 7.11 Å². The molecule has 3 nitrogen and oxygen atoms in total. The second-order valence-corrected chi connectivity index (χ2v) is 4.68. The van der Waals surface area contributed by atoms with E-state index in [9.17, 15) is 0 Å². The Kier molecular flexibility index (Phi) is 6.47. The largest absolute Gasteiger partial charge is 0.497 e. The minimum atomic E-state index is 0. The zero-order valence-electron chi connectivity index (χ0n) is 11.2.